The largest absolute Gasteiger partial charge is 0.411 e. The molecular formula is C15H17F4NO2. The maximum atomic E-state index is 12.9. The molecule has 0 saturated heterocycles. The standard InChI is InChI=1S/C15H17F4NO2/c16-12-4-2-11(3-5-12)14(6-7-14)13(21)20-8-1-9-22-10-15(17,18)19/h2-5H,1,6-10H2,(H,20,21). The Kier molecular flexibility index (Phi) is 5.05. The molecular weight excluding hydrogens is 302 g/mol. The quantitative estimate of drug-likeness (QED) is 0.620. The first-order valence-electron chi connectivity index (χ1n) is 7.02. The third-order valence-corrected chi connectivity index (χ3v) is 3.60. The smallest absolute Gasteiger partial charge is 0.372 e. The topological polar surface area (TPSA) is 38.3 Å². The maximum Gasteiger partial charge on any atom is 0.411 e. The predicted molar refractivity (Wildman–Crippen MR) is 71.8 cm³/mol. The van der Waals surface area contributed by atoms with E-state index in [-0.39, 0.29) is 24.9 Å². The maximum absolute atomic E-state index is 12.9. The highest BCUT2D eigenvalue weighted by molar-refractivity contribution is 5.91. The molecule has 0 bridgehead atoms. The minimum absolute atomic E-state index is 0.0661. The van der Waals surface area contributed by atoms with Gasteiger partial charge in [0.05, 0.1) is 5.41 Å². The van der Waals surface area contributed by atoms with E-state index in [2.05, 4.69) is 10.1 Å². The molecule has 1 aromatic carbocycles. The Labute approximate surface area is 125 Å². The van der Waals surface area contributed by atoms with Crippen LogP contribution in [0.5, 0.6) is 0 Å². The van der Waals surface area contributed by atoms with Crippen molar-refractivity contribution < 1.29 is 27.1 Å². The third-order valence-electron chi connectivity index (χ3n) is 3.60. The monoisotopic (exact) mass is 319 g/mol. The lowest BCUT2D eigenvalue weighted by atomic mass is 9.95. The average molecular weight is 319 g/mol. The number of rotatable bonds is 7. The van der Waals surface area contributed by atoms with Gasteiger partial charge in [-0.2, -0.15) is 13.2 Å². The summed E-state index contributed by atoms with van der Waals surface area (Å²) in [4.78, 5) is 12.2. The van der Waals surface area contributed by atoms with Crippen LogP contribution in [0.4, 0.5) is 17.6 Å². The average Bonchev–Trinajstić information content (AvgIpc) is 3.23. The van der Waals surface area contributed by atoms with Crippen molar-refractivity contribution in [2.45, 2.75) is 30.9 Å². The van der Waals surface area contributed by atoms with Gasteiger partial charge >= 0.3 is 6.18 Å². The second kappa shape index (κ2) is 6.64. The summed E-state index contributed by atoms with van der Waals surface area (Å²) in [5, 5.41) is 2.70. The summed E-state index contributed by atoms with van der Waals surface area (Å²) in [5.41, 5.74) is 0.153. The van der Waals surface area contributed by atoms with Crippen LogP contribution in [0.1, 0.15) is 24.8 Å². The van der Waals surface area contributed by atoms with Gasteiger partial charge in [0.1, 0.15) is 12.4 Å². The number of carbonyl (C=O) groups is 1. The third kappa shape index (κ3) is 4.43. The number of halogens is 4. The molecule has 1 aliphatic rings. The number of amides is 1. The fourth-order valence-corrected chi connectivity index (χ4v) is 2.27. The van der Waals surface area contributed by atoms with Gasteiger partial charge in [0.2, 0.25) is 5.91 Å². The van der Waals surface area contributed by atoms with Gasteiger partial charge in [-0.1, -0.05) is 12.1 Å². The van der Waals surface area contributed by atoms with Crippen molar-refractivity contribution in [3.05, 3.63) is 35.6 Å². The lowest BCUT2D eigenvalue weighted by Crippen LogP contribution is -2.35. The Morgan fingerprint density at radius 2 is 1.86 bits per heavy atom. The Bertz CT molecular complexity index is 509. The van der Waals surface area contributed by atoms with Gasteiger partial charge in [-0.25, -0.2) is 4.39 Å². The number of carbonyl (C=O) groups excluding carboxylic acids is 1. The fraction of sp³-hybridized carbons (Fsp3) is 0.533. The van der Waals surface area contributed by atoms with E-state index in [0.29, 0.717) is 19.3 Å². The Morgan fingerprint density at radius 1 is 1.23 bits per heavy atom. The number of hydrogen-bond donors (Lipinski definition) is 1. The number of hydrogen-bond acceptors (Lipinski definition) is 2. The summed E-state index contributed by atoms with van der Waals surface area (Å²) in [6.45, 7) is -1.09. The molecule has 122 valence electrons. The number of benzene rings is 1. The number of nitrogens with one attached hydrogen (secondary N) is 1. The van der Waals surface area contributed by atoms with Gasteiger partial charge in [-0.3, -0.25) is 4.79 Å². The fourth-order valence-electron chi connectivity index (χ4n) is 2.27. The van der Waals surface area contributed by atoms with E-state index in [0.717, 1.165) is 5.56 Å². The van der Waals surface area contributed by atoms with E-state index >= 15 is 0 Å². The molecule has 0 heterocycles. The van der Waals surface area contributed by atoms with Crippen molar-refractivity contribution in [1.29, 1.82) is 0 Å². The summed E-state index contributed by atoms with van der Waals surface area (Å²) in [5.74, 6) is -0.531. The van der Waals surface area contributed by atoms with Gasteiger partial charge in [-0.15, -0.1) is 0 Å². The zero-order valence-corrected chi connectivity index (χ0v) is 11.9. The van der Waals surface area contributed by atoms with Crippen LogP contribution >= 0.6 is 0 Å². The highest BCUT2D eigenvalue weighted by Gasteiger charge is 2.50. The van der Waals surface area contributed by atoms with E-state index in [9.17, 15) is 22.4 Å². The van der Waals surface area contributed by atoms with Gasteiger partial charge in [0, 0.05) is 13.2 Å². The number of ether oxygens (including phenoxy) is 1. The van der Waals surface area contributed by atoms with Crippen LogP contribution in [0.15, 0.2) is 24.3 Å². The van der Waals surface area contributed by atoms with Crippen molar-refractivity contribution >= 4 is 5.91 Å². The first kappa shape index (κ1) is 16.7. The summed E-state index contributed by atoms with van der Waals surface area (Å²) in [6.07, 6.45) is -2.64. The van der Waals surface area contributed by atoms with E-state index in [4.69, 9.17) is 0 Å². The van der Waals surface area contributed by atoms with Crippen LogP contribution in [0, 0.1) is 5.82 Å². The second-order valence-corrected chi connectivity index (χ2v) is 5.37. The minimum atomic E-state index is -4.33. The molecule has 2 rings (SSSR count). The van der Waals surface area contributed by atoms with Gasteiger partial charge in [-0.05, 0) is 37.0 Å². The Hall–Kier alpha value is -1.63. The van der Waals surface area contributed by atoms with Crippen LogP contribution < -0.4 is 5.32 Å². The van der Waals surface area contributed by atoms with Crippen molar-refractivity contribution in [2.24, 2.45) is 0 Å². The molecule has 1 aliphatic carbocycles. The molecule has 1 N–H and O–H groups in total. The highest BCUT2D eigenvalue weighted by atomic mass is 19.4. The van der Waals surface area contributed by atoms with Gasteiger partial charge in [0.25, 0.3) is 0 Å². The summed E-state index contributed by atoms with van der Waals surface area (Å²) < 4.78 is 52.9. The predicted octanol–water partition coefficient (Wildman–Crippen LogP) is 2.94. The summed E-state index contributed by atoms with van der Waals surface area (Å²) >= 11 is 0. The second-order valence-electron chi connectivity index (χ2n) is 5.37. The van der Waals surface area contributed by atoms with E-state index in [1.807, 2.05) is 0 Å². The van der Waals surface area contributed by atoms with Gasteiger partial charge in [0.15, 0.2) is 0 Å². The molecule has 1 amide bonds. The molecule has 0 aliphatic heterocycles. The van der Waals surface area contributed by atoms with Crippen LogP contribution in [0.25, 0.3) is 0 Å². The molecule has 0 aromatic heterocycles. The zero-order valence-electron chi connectivity index (χ0n) is 11.9. The first-order chi connectivity index (χ1) is 10.3. The molecule has 7 heteroatoms. The minimum Gasteiger partial charge on any atom is -0.372 e. The van der Waals surface area contributed by atoms with Crippen molar-refractivity contribution in [3.8, 4) is 0 Å². The van der Waals surface area contributed by atoms with Crippen LogP contribution in [0.2, 0.25) is 0 Å². The summed E-state index contributed by atoms with van der Waals surface area (Å²) in [7, 11) is 0. The SMILES string of the molecule is O=C(NCCCOCC(F)(F)F)C1(c2ccc(F)cc2)CC1. The van der Waals surface area contributed by atoms with Crippen molar-refractivity contribution in [1.82, 2.24) is 5.32 Å². The molecule has 22 heavy (non-hydrogen) atoms. The normalized spacial score (nSPS) is 16.4. The molecule has 1 fully saturated rings. The van der Waals surface area contributed by atoms with E-state index in [1.54, 1.807) is 12.1 Å². The van der Waals surface area contributed by atoms with Gasteiger partial charge < -0.3 is 10.1 Å². The van der Waals surface area contributed by atoms with E-state index < -0.39 is 18.2 Å². The highest BCUT2D eigenvalue weighted by Crippen LogP contribution is 2.48. The lowest BCUT2D eigenvalue weighted by Gasteiger charge is -2.16. The first-order valence-corrected chi connectivity index (χ1v) is 7.02. The Balaban J connectivity index is 1.72. The molecule has 0 radical (unpaired) electrons. The molecule has 0 unspecified atom stereocenters. The van der Waals surface area contributed by atoms with E-state index in [1.165, 1.54) is 12.1 Å². The van der Waals surface area contributed by atoms with Crippen LogP contribution in [0.3, 0.4) is 0 Å². The van der Waals surface area contributed by atoms with Crippen LogP contribution in [-0.2, 0) is 14.9 Å². The lowest BCUT2D eigenvalue weighted by molar-refractivity contribution is -0.174. The van der Waals surface area contributed by atoms with Crippen molar-refractivity contribution in [3.63, 3.8) is 0 Å². The molecule has 3 nitrogen and oxygen atoms in total. The molecule has 1 saturated carbocycles. The van der Waals surface area contributed by atoms with Crippen LogP contribution in [-0.4, -0.2) is 31.8 Å². The van der Waals surface area contributed by atoms with Crippen molar-refractivity contribution in [2.75, 3.05) is 19.8 Å². The summed E-state index contributed by atoms with van der Waals surface area (Å²) in [6, 6.07) is 5.81. The number of alkyl halides is 3. The Morgan fingerprint density at radius 3 is 2.41 bits per heavy atom. The molecule has 0 atom stereocenters. The zero-order chi connectivity index (χ0) is 16.2. The molecule has 0 spiro atoms. The molecule has 1 aromatic rings.